The van der Waals surface area contributed by atoms with Crippen LogP contribution in [0.4, 0.5) is 0 Å². The average Bonchev–Trinajstić information content (AvgIpc) is 3.66. The summed E-state index contributed by atoms with van der Waals surface area (Å²) in [5.41, 5.74) is 30.6. The number of aliphatic hydroxyl groups is 1. The molecule has 20 N–H and O–H groups in total. The lowest BCUT2D eigenvalue weighted by Gasteiger charge is -2.35. The van der Waals surface area contributed by atoms with Gasteiger partial charge >= 0.3 is 0 Å². The minimum Gasteiger partial charge on any atom is -0.508 e. The maximum atomic E-state index is 15.0. The number of nitrogens with zero attached hydrogens (tertiary/aromatic N) is 1. The third-order valence-corrected chi connectivity index (χ3v) is 16.7. The number of amides is 9. The summed E-state index contributed by atoms with van der Waals surface area (Å²) in [5, 5.41) is 43.1. The SMILES string of the molecule is CC1(C)SSC[C@@H](C(=O)N[C@@H](CCCCN)C(=O)N[C@@H](CCCN=C(N)N)C(N)=O)NC(=O)[C@H](Cc2ccccc2)NC(=O)[C@H](CO)NC(=O)CNC(=O)[C@H](Cc2ccc3ccccc3c2)NC(=O)[C@H]1NC(=O)[C@@H](N)Cc1ccc(O)cc1. The number of primary amides is 1. The number of hydrogen-bond donors (Lipinski definition) is 15. The van der Waals surface area contributed by atoms with Crippen molar-refractivity contribution in [1.29, 1.82) is 0 Å². The van der Waals surface area contributed by atoms with Crippen molar-refractivity contribution in [3.63, 3.8) is 0 Å². The first-order valence-corrected chi connectivity index (χ1v) is 29.3. The monoisotopic (exact) mass is 1180 g/mol. The summed E-state index contributed by atoms with van der Waals surface area (Å²) in [4.78, 5) is 131. The number of aromatic hydroxyl groups is 1. The quantitative estimate of drug-likeness (QED) is 0.0179. The Bertz CT molecular complexity index is 2920. The molecule has 1 heterocycles. The van der Waals surface area contributed by atoms with Gasteiger partial charge in [0, 0.05) is 29.9 Å². The largest absolute Gasteiger partial charge is 0.508 e. The number of carbonyl (C=O) groups excluding carboxylic acids is 9. The number of phenols is 1. The number of phenolic OH excluding ortho intramolecular Hbond substituents is 1. The van der Waals surface area contributed by atoms with Crippen LogP contribution in [0.3, 0.4) is 0 Å². The molecular weight excluding hydrogens is 1110 g/mol. The Balaban J connectivity index is 1.56. The second-order valence-corrected chi connectivity index (χ2v) is 23.4. The molecule has 0 unspecified atom stereocenters. The molecule has 83 heavy (non-hydrogen) atoms. The third kappa shape index (κ3) is 21.4. The molecule has 0 spiro atoms. The van der Waals surface area contributed by atoms with Gasteiger partial charge in [-0.15, -0.1) is 0 Å². The number of benzene rings is 4. The van der Waals surface area contributed by atoms with Gasteiger partial charge in [-0.25, -0.2) is 0 Å². The Labute approximate surface area is 488 Å². The van der Waals surface area contributed by atoms with Crippen LogP contribution in [0.5, 0.6) is 5.75 Å². The normalized spacial score (nSPS) is 20.3. The van der Waals surface area contributed by atoms with Crippen LogP contribution in [0.1, 0.15) is 62.6 Å². The first-order valence-electron chi connectivity index (χ1n) is 27.0. The molecule has 25 nitrogen and oxygen atoms in total. The highest BCUT2D eigenvalue weighted by molar-refractivity contribution is 8.77. The minimum absolute atomic E-state index is 0.00651. The summed E-state index contributed by atoms with van der Waals surface area (Å²) < 4.78 is -1.36. The molecule has 9 amide bonds. The molecule has 4 aromatic carbocycles. The maximum absolute atomic E-state index is 15.0. The van der Waals surface area contributed by atoms with Crippen molar-refractivity contribution in [3.8, 4) is 5.75 Å². The van der Waals surface area contributed by atoms with Crippen LogP contribution in [0.2, 0.25) is 0 Å². The molecule has 0 radical (unpaired) electrons. The van der Waals surface area contributed by atoms with Gasteiger partial charge in [-0.3, -0.25) is 48.1 Å². The number of rotatable bonds is 22. The van der Waals surface area contributed by atoms with Gasteiger partial charge in [0.25, 0.3) is 0 Å². The molecule has 0 saturated carbocycles. The van der Waals surface area contributed by atoms with Crippen molar-refractivity contribution >= 4 is 91.5 Å². The van der Waals surface area contributed by atoms with Crippen LogP contribution in [-0.2, 0) is 62.4 Å². The fourth-order valence-corrected chi connectivity index (χ4v) is 11.6. The predicted octanol–water partition coefficient (Wildman–Crippen LogP) is -1.76. The van der Waals surface area contributed by atoms with Gasteiger partial charge in [-0.2, -0.15) is 0 Å². The number of hydrogen-bond acceptors (Lipinski definition) is 16. The van der Waals surface area contributed by atoms with E-state index in [0.29, 0.717) is 29.5 Å². The van der Waals surface area contributed by atoms with Crippen molar-refractivity contribution < 1.29 is 53.4 Å². The summed E-state index contributed by atoms with van der Waals surface area (Å²) >= 11 is 0. The van der Waals surface area contributed by atoms with Crippen LogP contribution < -0.4 is 71.2 Å². The maximum Gasteiger partial charge on any atom is 0.245 e. The lowest BCUT2D eigenvalue weighted by molar-refractivity contribution is -0.135. The topological polar surface area (TPSA) is 433 Å². The van der Waals surface area contributed by atoms with Crippen LogP contribution in [-0.4, -0.2) is 154 Å². The van der Waals surface area contributed by atoms with Crippen LogP contribution in [0, 0.1) is 0 Å². The number of aliphatic imine (C=N–C) groups is 1. The number of nitrogens with one attached hydrogen (secondary N) is 8. The number of guanidine groups is 1. The van der Waals surface area contributed by atoms with Crippen LogP contribution in [0.15, 0.2) is 102 Å². The van der Waals surface area contributed by atoms with Crippen molar-refractivity contribution in [2.75, 3.05) is 32.0 Å². The van der Waals surface area contributed by atoms with E-state index in [-0.39, 0.29) is 69.1 Å². The summed E-state index contributed by atoms with van der Waals surface area (Å²) in [6.07, 6.45) is 0.821. The summed E-state index contributed by atoms with van der Waals surface area (Å²) in [5.74, 6) is -8.29. The number of carbonyl (C=O) groups is 9. The van der Waals surface area contributed by atoms with Gasteiger partial charge in [-0.1, -0.05) is 107 Å². The molecule has 4 aromatic rings. The minimum atomic E-state index is -1.66. The van der Waals surface area contributed by atoms with E-state index in [2.05, 4.69) is 47.5 Å². The highest BCUT2D eigenvalue weighted by Crippen LogP contribution is 2.39. The first kappa shape index (κ1) is 65.8. The van der Waals surface area contributed by atoms with Gasteiger partial charge in [0.05, 0.1) is 19.2 Å². The van der Waals surface area contributed by atoms with Gasteiger partial charge in [0.2, 0.25) is 53.2 Å². The Kier molecular flexibility index (Phi) is 25.9. The molecule has 8 atom stereocenters. The lowest BCUT2D eigenvalue weighted by Crippen LogP contribution is -2.62. The van der Waals surface area contributed by atoms with Gasteiger partial charge in [-0.05, 0) is 98.5 Å². The zero-order chi connectivity index (χ0) is 60.6. The second kappa shape index (κ2) is 32.6. The smallest absolute Gasteiger partial charge is 0.245 e. The molecular formula is C56H76N14O11S2. The molecule has 0 aliphatic carbocycles. The van der Waals surface area contributed by atoms with E-state index in [1.54, 1.807) is 62.4 Å². The molecule has 5 rings (SSSR count). The van der Waals surface area contributed by atoms with E-state index < -0.39 is 119 Å². The molecule has 0 aromatic heterocycles. The molecule has 1 saturated heterocycles. The van der Waals surface area contributed by atoms with Gasteiger partial charge < -0.3 is 81.4 Å². The van der Waals surface area contributed by atoms with E-state index >= 15 is 0 Å². The van der Waals surface area contributed by atoms with Crippen LogP contribution >= 0.6 is 21.6 Å². The van der Waals surface area contributed by atoms with E-state index in [1.165, 1.54) is 12.1 Å². The van der Waals surface area contributed by atoms with Crippen LogP contribution in [0.25, 0.3) is 10.8 Å². The molecule has 0 bridgehead atoms. The zero-order valence-corrected chi connectivity index (χ0v) is 47.9. The standard InChI is InChI=1S/C56H76N14O11S2/c1-56(2)46(70-48(75)38(58)26-33-18-21-37(72)22-19-33)54(81)68-41(28-34-17-20-35-13-6-7-14-36(35)25-34)49(76)63-29-45(73)64-43(30-71)52(79)67-42(27-32-11-4-3-5-12-32)51(78)69-44(31-82-83-56)53(80)66-40(15-8-9-23-57)50(77)65-39(47(59)74)16-10-24-62-55(60)61/h3-7,11-14,17-22,25,38-44,46,71-72H,8-10,15-16,23-24,26-31,57-58H2,1-2H3,(H2,59,74)(H,63,76)(H,64,73)(H,65,77)(H,66,80)(H,67,79)(H,68,81)(H,69,78)(H,70,75)(H4,60,61,62)/t38-,39-,40-,41-,42-,43-,44-,46+/m0/s1. The van der Waals surface area contributed by atoms with E-state index in [4.69, 9.17) is 28.7 Å². The number of unbranched alkanes of at least 4 members (excludes halogenated alkanes) is 1. The molecule has 448 valence electrons. The van der Waals surface area contributed by atoms with E-state index in [1.807, 2.05) is 36.4 Å². The van der Waals surface area contributed by atoms with Crippen molar-refractivity contribution in [3.05, 3.63) is 114 Å². The van der Waals surface area contributed by atoms with E-state index in [9.17, 15) is 53.4 Å². The molecule has 1 aliphatic heterocycles. The number of fused-ring (bicyclic) bond motifs is 1. The average molecular weight is 1190 g/mol. The summed E-state index contributed by atoms with van der Waals surface area (Å²) in [7, 11) is 2.02. The highest BCUT2D eigenvalue weighted by atomic mass is 33.1. The molecule has 1 fully saturated rings. The first-order chi connectivity index (χ1) is 39.6. The Morgan fingerprint density at radius 2 is 1.33 bits per heavy atom. The van der Waals surface area contributed by atoms with Crippen molar-refractivity contribution in [2.45, 2.75) is 118 Å². The summed E-state index contributed by atoms with van der Waals surface area (Å²) in [6, 6.07) is 16.2. The lowest BCUT2D eigenvalue weighted by atomic mass is 9.98. The predicted molar refractivity (Wildman–Crippen MR) is 317 cm³/mol. The Hall–Kier alpha value is -7.98. The fraction of sp³-hybridized carbons (Fsp3) is 0.429. The highest BCUT2D eigenvalue weighted by Gasteiger charge is 2.41. The zero-order valence-electron chi connectivity index (χ0n) is 46.3. The Morgan fingerprint density at radius 3 is 2.00 bits per heavy atom. The molecule has 27 heteroatoms. The number of nitrogens with two attached hydrogens (primary N) is 5. The summed E-state index contributed by atoms with van der Waals surface area (Å²) in [6.45, 7) is 1.93. The third-order valence-electron chi connectivity index (χ3n) is 13.4. The Morgan fingerprint density at radius 1 is 0.699 bits per heavy atom. The number of aliphatic hydroxyl groups excluding tert-OH is 1. The molecule has 1 aliphatic rings. The fourth-order valence-electron chi connectivity index (χ4n) is 8.76. The van der Waals surface area contributed by atoms with E-state index in [0.717, 1.165) is 32.4 Å². The van der Waals surface area contributed by atoms with Crippen molar-refractivity contribution in [2.24, 2.45) is 33.7 Å². The van der Waals surface area contributed by atoms with Crippen molar-refractivity contribution in [1.82, 2.24) is 42.5 Å². The second-order valence-electron chi connectivity index (χ2n) is 20.4. The van der Waals surface area contributed by atoms with Gasteiger partial charge in [0.1, 0.15) is 48.0 Å². The van der Waals surface area contributed by atoms with Gasteiger partial charge in [0.15, 0.2) is 5.96 Å².